The van der Waals surface area contributed by atoms with Gasteiger partial charge in [-0.1, -0.05) is 167 Å². The molecule has 238 valence electrons. The van der Waals surface area contributed by atoms with E-state index in [2.05, 4.69) is 12.2 Å². The Labute approximate surface area is 260 Å². The Hall–Kier alpha value is -0.950. The molecule has 5 N–H and O–H groups in total. The van der Waals surface area contributed by atoms with E-state index < -0.39 is 62.8 Å². The van der Waals surface area contributed by atoms with Gasteiger partial charge in [0.05, 0.1) is 24.9 Å². The average molecular weight is 579 g/mol. The molecule has 0 aliphatic heterocycles. The fourth-order valence-electron chi connectivity index (χ4n) is 4.68. The van der Waals surface area contributed by atoms with Crippen molar-refractivity contribution in [2.24, 2.45) is 0 Å². The first-order valence-electron chi connectivity index (χ1n) is 20.5. The Morgan fingerprint density at radius 1 is 0.725 bits per heavy atom. The second kappa shape index (κ2) is 29.5. The number of hydrogen-bond donors (Lipinski definition) is 5. The van der Waals surface area contributed by atoms with E-state index in [1.165, 1.54) is 57.1 Å². The van der Waals surface area contributed by atoms with Crippen molar-refractivity contribution in [3.63, 3.8) is 0 Å². The van der Waals surface area contributed by atoms with Crippen molar-refractivity contribution in [1.82, 2.24) is 5.32 Å². The number of carbonyl (C=O) groups excluding carboxylic acids is 1. The van der Waals surface area contributed by atoms with E-state index in [4.69, 9.17) is 12.3 Å². The maximum Gasteiger partial charge on any atom is 0.249 e. The van der Waals surface area contributed by atoms with Gasteiger partial charge in [-0.05, 0) is 12.8 Å². The Balaban J connectivity index is 4.16. The number of rotatable bonds is 30. The van der Waals surface area contributed by atoms with E-state index in [0.29, 0.717) is 25.7 Å². The summed E-state index contributed by atoms with van der Waals surface area (Å²) in [6, 6.07) is -1.01. The second-order valence-electron chi connectivity index (χ2n) is 11.0. The van der Waals surface area contributed by atoms with Crippen molar-refractivity contribution in [1.29, 1.82) is 0 Å². The molecule has 6 nitrogen and oxygen atoms in total. The van der Waals surface area contributed by atoms with Gasteiger partial charge in [0.15, 0.2) is 0 Å². The Bertz CT molecular complexity index is 891. The van der Waals surface area contributed by atoms with E-state index in [1.807, 2.05) is 0 Å². The van der Waals surface area contributed by atoms with Gasteiger partial charge in [0.25, 0.3) is 0 Å². The predicted octanol–water partition coefficient (Wildman–Crippen LogP) is 7.50. The van der Waals surface area contributed by atoms with Crippen LogP contribution >= 0.6 is 0 Å². The first-order chi connectivity index (χ1) is 22.9. The summed E-state index contributed by atoms with van der Waals surface area (Å²) in [7, 11) is 0. The van der Waals surface area contributed by atoms with Crippen LogP contribution in [0, 0.1) is 0 Å². The molecule has 0 saturated heterocycles. The van der Waals surface area contributed by atoms with Crippen LogP contribution in [-0.2, 0) is 4.79 Å². The SMILES string of the molecule is [2H]C([2H])([2H])C([2H])([2H])C([2H])([2H])C([2H])([2H])CCCCCCCCCC[C@H](O)C(=O)N[C@@H](CO)[C@H](O)/C=C/[C@H](O)CCCCCCCCCCCC. The topological polar surface area (TPSA) is 110 Å². The van der Waals surface area contributed by atoms with E-state index in [1.54, 1.807) is 0 Å². The van der Waals surface area contributed by atoms with Crippen LogP contribution < -0.4 is 5.32 Å². The quantitative estimate of drug-likeness (QED) is 0.0448. The van der Waals surface area contributed by atoms with Crippen LogP contribution in [0.3, 0.4) is 0 Å². The molecule has 0 fully saturated rings. The molecule has 0 aromatic heterocycles. The summed E-state index contributed by atoms with van der Waals surface area (Å²) < 4.78 is 68.9. The number of hydrogen-bond acceptors (Lipinski definition) is 5. The predicted molar refractivity (Wildman–Crippen MR) is 168 cm³/mol. The van der Waals surface area contributed by atoms with Crippen molar-refractivity contribution in [2.75, 3.05) is 6.61 Å². The van der Waals surface area contributed by atoms with Crippen molar-refractivity contribution in [3.8, 4) is 0 Å². The van der Waals surface area contributed by atoms with Crippen LogP contribution in [0.5, 0.6) is 0 Å². The molecule has 4 atom stereocenters. The number of carbonyl (C=O) groups is 1. The van der Waals surface area contributed by atoms with Crippen LogP contribution in [0.2, 0.25) is 0 Å². The maximum absolute atomic E-state index is 12.4. The number of aliphatic hydroxyl groups excluding tert-OH is 4. The summed E-state index contributed by atoms with van der Waals surface area (Å²) in [5, 5.41) is 43.0. The van der Waals surface area contributed by atoms with Gasteiger partial charge >= 0.3 is 0 Å². The zero-order valence-corrected chi connectivity index (χ0v) is 25.2. The summed E-state index contributed by atoms with van der Waals surface area (Å²) in [5.41, 5.74) is 0. The summed E-state index contributed by atoms with van der Waals surface area (Å²) in [4.78, 5) is 12.4. The van der Waals surface area contributed by atoms with Crippen molar-refractivity contribution in [2.45, 2.75) is 192 Å². The molecule has 0 bridgehead atoms. The maximum atomic E-state index is 12.4. The van der Waals surface area contributed by atoms with Gasteiger partial charge in [0.1, 0.15) is 6.10 Å². The highest BCUT2D eigenvalue weighted by atomic mass is 16.3. The third-order valence-corrected chi connectivity index (χ3v) is 7.30. The molecule has 0 rings (SSSR count). The molecule has 6 heteroatoms. The average Bonchev–Trinajstić information content (AvgIpc) is 3.03. The van der Waals surface area contributed by atoms with Gasteiger partial charge in [-0.15, -0.1) is 0 Å². The lowest BCUT2D eigenvalue weighted by atomic mass is 10.0. The molecule has 40 heavy (non-hydrogen) atoms. The smallest absolute Gasteiger partial charge is 0.249 e. The third-order valence-electron chi connectivity index (χ3n) is 7.30. The molecule has 0 spiro atoms. The van der Waals surface area contributed by atoms with Crippen molar-refractivity contribution < 1.29 is 37.6 Å². The molecule has 0 aliphatic rings. The molecule has 0 saturated carbocycles. The first-order valence-corrected chi connectivity index (χ1v) is 16.0. The minimum Gasteiger partial charge on any atom is -0.394 e. The largest absolute Gasteiger partial charge is 0.394 e. The molecule has 0 radical (unpaired) electrons. The molecule has 0 aromatic rings. The van der Waals surface area contributed by atoms with Gasteiger partial charge in [0, 0.05) is 12.3 Å². The molecule has 0 aromatic carbocycles. The Kier molecular flexibility index (Phi) is 18.9. The van der Waals surface area contributed by atoms with Crippen molar-refractivity contribution in [3.05, 3.63) is 12.2 Å². The lowest BCUT2D eigenvalue weighted by Crippen LogP contribution is -2.48. The number of amides is 1. The summed E-state index contributed by atoms with van der Waals surface area (Å²) in [5.74, 6) is -0.686. The minimum atomic E-state index is -3.33. The van der Waals surface area contributed by atoms with Crippen LogP contribution in [0.4, 0.5) is 0 Å². The normalized spacial score (nSPS) is 19.6. The van der Waals surface area contributed by atoms with Gasteiger partial charge < -0.3 is 25.7 Å². The zero-order chi connectivity index (χ0) is 37.6. The number of aliphatic hydroxyl groups is 4. The highest BCUT2D eigenvalue weighted by Gasteiger charge is 2.22. The van der Waals surface area contributed by atoms with Crippen LogP contribution in [0.1, 0.15) is 180 Å². The van der Waals surface area contributed by atoms with Crippen LogP contribution in [0.15, 0.2) is 12.2 Å². The van der Waals surface area contributed by atoms with Gasteiger partial charge in [0.2, 0.25) is 5.91 Å². The minimum absolute atomic E-state index is 0.217. The molecular formula is C34H67NO5. The molecule has 1 amide bonds. The zero-order valence-electron chi connectivity index (χ0n) is 34.2. The second-order valence-corrected chi connectivity index (χ2v) is 11.0. The Morgan fingerprint density at radius 3 is 1.75 bits per heavy atom. The molecular weight excluding hydrogens is 502 g/mol. The number of nitrogens with one attached hydrogen (secondary N) is 1. The van der Waals surface area contributed by atoms with E-state index in [9.17, 15) is 25.2 Å². The lowest BCUT2D eigenvalue weighted by Gasteiger charge is -2.22. The van der Waals surface area contributed by atoms with Crippen LogP contribution in [0.25, 0.3) is 0 Å². The third kappa shape index (κ3) is 24.8. The standard InChI is InChI=1S/C34H67NO5/c1-3-5-7-9-11-13-15-16-18-20-22-24-26-33(39)34(40)35-31(29-36)32(38)28-27-30(37)25-23-21-19-17-14-12-10-8-6-4-2/h27-28,30-33,36-39H,3-26,29H2,1-2H3,(H,35,40)/b28-27+/t30-,31+,32-,33+/m1/s1/i1D3,3D2,5D2,7D2. The van der Waals surface area contributed by atoms with Crippen molar-refractivity contribution >= 4 is 5.91 Å². The first kappa shape index (κ1) is 25.5. The summed E-state index contributed by atoms with van der Waals surface area (Å²) >= 11 is 0. The monoisotopic (exact) mass is 579 g/mol. The Morgan fingerprint density at radius 2 is 1.23 bits per heavy atom. The summed E-state index contributed by atoms with van der Waals surface area (Å²) in [6.45, 7) is -1.61. The van der Waals surface area contributed by atoms with Crippen LogP contribution in [-0.4, -0.2) is 57.3 Å². The highest BCUT2D eigenvalue weighted by Crippen LogP contribution is 2.14. The molecule has 0 aliphatic carbocycles. The van der Waals surface area contributed by atoms with E-state index >= 15 is 0 Å². The fourth-order valence-corrected chi connectivity index (χ4v) is 4.68. The molecule has 0 heterocycles. The summed E-state index contributed by atoms with van der Waals surface area (Å²) in [6.07, 6.45) is 8.51. The lowest BCUT2D eigenvalue weighted by molar-refractivity contribution is -0.131. The van der Waals surface area contributed by atoms with Gasteiger partial charge in [-0.2, -0.15) is 0 Å². The highest BCUT2D eigenvalue weighted by molar-refractivity contribution is 5.80. The number of unbranched alkanes of at least 4 members (excludes halogenated alkanes) is 16. The van der Waals surface area contributed by atoms with E-state index in [0.717, 1.165) is 51.4 Å². The molecule has 0 unspecified atom stereocenters. The van der Waals surface area contributed by atoms with Gasteiger partial charge in [-0.25, -0.2) is 0 Å². The fraction of sp³-hybridized carbons (Fsp3) is 0.912. The van der Waals surface area contributed by atoms with E-state index in [-0.39, 0.29) is 12.8 Å². The van der Waals surface area contributed by atoms with Gasteiger partial charge in [-0.3, -0.25) is 4.79 Å².